The summed E-state index contributed by atoms with van der Waals surface area (Å²) in [5, 5.41) is 6.68. The van der Waals surface area contributed by atoms with Gasteiger partial charge in [0.25, 0.3) is 0 Å². The van der Waals surface area contributed by atoms with Crippen LogP contribution in [0.5, 0.6) is 0 Å². The van der Waals surface area contributed by atoms with Gasteiger partial charge in [0, 0.05) is 32.4 Å². The van der Waals surface area contributed by atoms with E-state index in [2.05, 4.69) is 51.7 Å². The van der Waals surface area contributed by atoms with Crippen LogP contribution in [0.25, 0.3) is 0 Å². The van der Waals surface area contributed by atoms with Gasteiger partial charge in [0.1, 0.15) is 6.61 Å². The summed E-state index contributed by atoms with van der Waals surface area (Å²) in [5.74, 6) is 0.655. The summed E-state index contributed by atoms with van der Waals surface area (Å²) < 4.78 is 41.5. The number of ether oxygens (including phenoxy) is 1. The highest BCUT2D eigenvalue weighted by atomic mass is 127. The van der Waals surface area contributed by atoms with Crippen LogP contribution in [0.15, 0.2) is 53.5 Å². The van der Waals surface area contributed by atoms with Crippen molar-refractivity contribution < 1.29 is 17.9 Å². The van der Waals surface area contributed by atoms with Gasteiger partial charge >= 0.3 is 6.18 Å². The molecular weight excluding hydrogens is 544 g/mol. The Bertz CT molecular complexity index is 901. The standard InChI is InChI=1S/C24H31F3N4O.HI/c1-18(21-9-6-10-22(14-21)31-11-3-4-12-31)30-23(28-2)29-15-19-7-5-8-20(13-19)16-32-17-24(25,26)27;/h5-10,13-14,18H,3-4,11-12,15-17H2,1-2H3,(H2,28,29,30);1H. The highest BCUT2D eigenvalue weighted by Crippen LogP contribution is 2.24. The molecule has 0 radical (unpaired) electrons. The number of hydrogen-bond donors (Lipinski definition) is 2. The second-order valence-corrected chi connectivity index (χ2v) is 8.01. The van der Waals surface area contributed by atoms with E-state index in [1.807, 2.05) is 18.2 Å². The Morgan fingerprint density at radius 3 is 2.48 bits per heavy atom. The molecule has 5 nitrogen and oxygen atoms in total. The molecule has 0 spiro atoms. The molecule has 1 heterocycles. The van der Waals surface area contributed by atoms with Crippen LogP contribution in [-0.4, -0.2) is 38.9 Å². The quantitative estimate of drug-likeness (QED) is 0.251. The smallest absolute Gasteiger partial charge is 0.372 e. The molecule has 2 aromatic rings. The predicted octanol–water partition coefficient (Wildman–Crippen LogP) is 5.41. The summed E-state index contributed by atoms with van der Waals surface area (Å²) in [6.07, 6.45) is -1.84. The SMILES string of the molecule is CN=C(NCc1cccc(COCC(F)(F)F)c1)NC(C)c1cccc(N2CCCC2)c1.I. The number of alkyl halides is 3. The first kappa shape index (κ1) is 27.2. The Morgan fingerprint density at radius 2 is 1.79 bits per heavy atom. The van der Waals surface area contributed by atoms with Gasteiger partial charge in [0.2, 0.25) is 0 Å². The van der Waals surface area contributed by atoms with Gasteiger partial charge in [-0.15, -0.1) is 24.0 Å². The van der Waals surface area contributed by atoms with E-state index in [4.69, 9.17) is 4.74 Å². The lowest BCUT2D eigenvalue weighted by Gasteiger charge is -2.22. The van der Waals surface area contributed by atoms with Crippen molar-refractivity contribution in [2.75, 3.05) is 31.6 Å². The van der Waals surface area contributed by atoms with Gasteiger partial charge in [-0.3, -0.25) is 4.99 Å². The van der Waals surface area contributed by atoms with Crippen molar-refractivity contribution in [3.63, 3.8) is 0 Å². The van der Waals surface area contributed by atoms with Crippen molar-refractivity contribution in [2.24, 2.45) is 4.99 Å². The zero-order valence-corrected chi connectivity index (χ0v) is 21.3. The van der Waals surface area contributed by atoms with Crippen molar-refractivity contribution in [2.45, 2.75) is 45.1 Å². The first-order valence-electron chi connectivity index (χ1n) is 10.9. The molecular formula is C24H32F3IN4O. The average Bonchev–Trinajstić information content (AvgIpc) is 3.31. The molecule has 1 aliphatic heterocycles. The van der Waals surface area contributed by atoms with E-state index >= 15 is 0 Å². The molecule has 182 valence electrons. The maximum absolute atomic E-state index is 12.3. The molecule has 0 bridgehead atoms. The molecule has 1 atom stereocenters. The van der Waals surface area contributed by atoms with Gasteiger partial charge in [-0.2, -0.15) is 13.2 Å². The number of guanidine groups is 1. The Hall–Kier alpha value is -2.01. The number of aliphatic imine (C=N–C) groups is 1. The molecule has 1 unspecified atom stereocenters. The Balaban J connectivity index is 0.00000385. The van der Waals surface area contributed by atoms with Gasteiger partial charge in [-0.1, -0.05) is 36.4 Å². The van der Waals surface area contributed by atoms with Gasteiger partial charge < -0.3 is 20.3 Å². The molecule has 9 heteroatoms. The number of nitrogens with one attached hydrogen (secondary N) is 2. The van der Waals surface area contributed by atoms with E-state index in [1.54, 1.807) is 13.1 Å². The first-order valence-corrected chi connectivity index (χ1v) is 10.9. The summed E-state index contributed by atoms with van der Waals surface area (Å²) in [7, 11) is 1.71. The minimum absolute atomic E-state index is 0. The van der Waals surface area contributed by atoms with Crippen LogP contribution >= 0.6 is 24.0 Å². The van der Waals surface area contributed by atoms with Crippen molar-refractivity contribution in [1.29, 1.82) is 0 Å². The van der Waals surface area contributed by atoms with Crippen LogP contribution < -0.4 is 15.5 Å². The third-order valence-corrected chi connectivity index (χ3v) is 5.40. The molecule has 1 fully saturated rings. The Kier molecular flexibility index (Phi) is 10.7. The van der Waals surface area contributed by atoms with Crippen LogP contribution in [0.3, 0.4) is 0 Å². The summed E-state index contributed by atoms with van der Waals surface area (Å²) in [5.41, 5.74) is 4.07. The molecule has 0 aliphatic carbocycles. The van der Waals surface area contributed by atoms with Gasteiger partial charge in [-0.25, -0.2) is 0 Å². The Morgan fingerprint density at radius 1 is 1.09 bits per heavy atom. The fourth-order valence-corrected chi connectivity index (χ4v) is 3.75. The monoisotopic (exact) mass is 576 g/mol. The van der Waals surface area contributed by atoms with E-state index in [0.717, 1.165) is 18.7 Å². The largest absolute Gasteiger partial charge is 0.411 e. The number of rotatable bonds is 8. The highest BCUT2D eigenvalue weighted by Gasteiger charge is 2.27. The second-order valence-electron chi connectivity index (χ2n) is 8.01. The van der Waals surface area contributed by atoms with E-state index in [0.29, 0.717) is 18.1 Å². The zero-order chi connectivity index (χ0) is 23.0. The number of hydrogen-bond acceptors (Lipinski definition) is 3. The predicted molar refractivity (Wildman–Crippen MR) is 137 cm³/mol. The molecule has 3 rings (SSSR count). The van der Waals surface area contributed by atoms with Gasteiger partial charge in [-0.05, 0) is 48.6 Å². The fourth-order valence-electron chi connectivity index (χ4n) is 3.75. The normalized spacial score (nSPS) is 15.2. The zero-order valence-electron chi connectivity index (χ0n) is 19.0. The molecule has 0 aromatic heterocycles. The van der Waals surface area contributed by atoms with E-state index in [1.165, 1.54) is 24.1 Å². The van der Waals surface area contributed by atoms with Crippen molar-refractivity contribution in [1.82, 2.24) is 10.6 Å². The fraction of sp³-hybridized carbons (Fsp3) is 0.458. The van der Waals surface area contributed by atoms with Crippen molar-refractivity contribution in [3.8, 4) is 0 Å². The molecule has 0 amide bonds. The van der Waals surface area contributed by atoms with Crippen LogP contribution in [0, 0.1) is 0 Å². The lowest BCUT2D eigenvalue weighted by Crippen LogP contribution is -2.38. The van der Waals surface area contributed by atoms with Crippen molar-refractivity contribution in [3.05, 3.63) is 65.2 Å². The van der Waals surface area contributed by atoms with Gasteiger partial charge in [0.15, 0.2) is 5.96 Å². The lowest BCUT2D eigenvalue weighted by atomic mass is 10.1. The average molecular weight is 576 g/mol. The van der Waals surface area contributed by atoms with Crippen LogP contribution in [-0.2, 0) is 17.9 Å². The molecule has 0 saturated carbocycles. The van der Waals surface area contributed by atoms with E-state index in [-0.39, 0.29) is 36.6 Å². The minimum atomic E-state index is -4.32. The molecule has 2 N–H and O–H groups in total. The topological polar surface area (TPSA) is 48.9 Å². The lowest BCUT2D eigenvalue weighted by molar-refractivity contribution is -0.176. The number of nitrogens with zero attached hydrogens (tertiary/aromatic N) is 2. The van der Waals surface area contributed by atoms with Crippen LogP contribution in [0.1, 0.15) is 42.5 Å². The van der Waals surface area contributed by atoms with Crippen LogP contribution in [0.4, 0.5) is 18.9 Å². The number of benzene rings is 2. The van der Waals surface area contributed by atoms with Crippen LogP contribution in [0.2, 0.25) is 0 Å². The third-order valence-electron chi connectivity index (χ3n) is 5.40. The molecule has 1 saturated heterocycles. The molecule has 1 aliphatic rings. The maximum atomic E-state index is 12.3. The second kappa shape index (κ2) is 13.0. The summed E-state index contributed by atoms with van der Waals surface area (Å²) in [6, 6.07) is 15.9. The summed E-state index contributed by atoms with van der Waals surface area (Å²) in [4.78, 5) is 6.71. The molecule has 2 aromatic carbocycles. The third kappa shape index (κ3) is 9.04. The van der Waals surface area contributed by atoms with Gasteiger partial charge in [0.05, 0.1) is 12.6 Å². The minimum Gasteiger partial charge on any atom is -0.372 e. The highest BCUT2D eigenvalue weighted by molar-refractivity contribution is 14.0. The van der Waals surface area contributed by atoms with Crippen molar-refractivity contribution >= 4 is 35.6 Å². The summed E-state index contributed by atoms with van der Waals surface area (Å²) >= 11 is 0. The first-order chi connectivity index (χ1) is 15.3. The van der Waals surface area contributed by atoms with E-state index in [9.17, 15) is 13.2 Å². The maximum Gasteiger partial charge on any atom is 0.411 e. The number of anilines is 1. The molecule has 33 heavy (non-hydrogen) atoms. The number of halogens is 4. The Labute approximate surface area is 210 Å². The van der Waals surface area contributed by atoms with E-state index < -0.39 is 12.8 Å². The summed E-state index contributed by atoms with van der Waals surface area (Å²) in [6.45, 7) is 3.47.